The van der Waals surface area contributed by atoms with Crippen molar-refractivity contribution in [3.63, 3.8) is 0 Å². The number of methoxy groups -OCH3 is 1. The molecule has 0 bridgehead atoms. The lowest BCUT2D eigenvalue weighted by Gasteiger charge is -2.25. The number of nitrogens with one attached hydrogen (secondary N) is 1. The van der Waals surface area contributed by atoms with Crippen molar-refractivity contribution in [2.24, 2.45) is 5.92 Å². The highest BCUT2D eigenvalue weighted by Gasteiger charge is 2.15. The fourth-order valence-electron chi connectivity index (χ4n) is 2.27. The molecule has 0 fully saturated rings. The Morgan fingerprint density at radius 2 is 1.83 bits per heavy atom. The van der Waals surface area contributed by atoms with E-state index in [9.17, 15) is 0 Å². The number of hydrogen-bond donors (Lipinski definition) is 1. The van der Waals surface area contributed by atoms with Crippen LogP contribution in [0.15, 0.2) is 30.3 Å². The van der Waals surface area contributed by atoms with E-state index in [1.54, 1.807) is 7.11 Å². The Kier molecular flexibility index (Phi) is 6.99. The van der Waals surface area contributed by atoms with Gasteiger partial charge in [-0.05, 0) is 24.8 Å². The molecule has 0 saturated heterocycles. The number of ether oxygens (including phenoxy) is 1. The van der Waals surface area contributed by atoms with Gasteiger partial charge in [0.25, 0.3) is 0 Å². The van der Waals surface area contributed by atoms with Gasteiger partial charge in [0.15, 0.2) is 0 Å². The molecule has 0 radical (unpaired) electrons. The van der Waals surface area contributed by atoms with Crippen LogP contribution in [0.1, 0.15) is 45.2 Å². The quantitative estimate of drug-likeness (QED) is 0.757. The average molecular weight is 249 g/mol. The molecule has 1 aromatic rings. The summed E-state index contributed by atoms with van der Waals surface area (Å²) in [6.45, 7) is 7.54. The number of rotatable bonds is 8. The van der Waals surface area contributed by atoms with Crippen molar-refractivity contribution in [1.29, 1.82) is 0 Å². The minimum atomic E-state index is 0.287. The van der Waals surface area contributed by atoms with Crippen molar-refractivity contribution >= 4 is 0 Å². The van der Waals surface area contributed by atoms with Gasteiger partial charge in [0.1, 0.15) is 0 Å². The Bertz CT molecular complexity index is 312. The smallest absolute Gasteiger partial charge is 0.0657 e. The van der Waals surface area contributed by atoms with Crippen LogP contribution in [0.3, 0.4) is 0 Å². The largest absolute Gasteiger partial charge is 0.383 e. The maximum Gasteiger partial charge on any atom is 0.0657 e. The Labute approximate surface area is 112 Å². The lowest BCUT2D eigenvalue weighted by molar-refractivity contribution is 0.159. The molecule has 0 aliphatic heterocycles. The van der Waals surface area contributed by atoms with E-state index in [1.807, 2.05) is 0 Å². The van der Waals surface area contributed by atoms with Crippen molar-refractivity contribution in [2.45, 2.75) is 45.7 Å². The van der Waals surface area contributed by atoms with Crippen LogP contribution in [0.25, 0.3) is 0 Å². The van der Waals surface area contributed by atoms with Crippen LogP contribution in [0.5, 0.6) is 0 Å². The molecule has 0 spiro atoms. The normalized spacial score (nSPS) is 16.2. The van der Waals surface area contributed by atoms with Gasteiger partial charge < -0.3 is 10.1 Å². The highest BCUT2D eigenvalue weighted by atomic mass is 16.5. The molecule has 0 saturated carbocycles. The molecule has 1 N–H and O–H groups in total. The summed E-state index contributed by atoms with van der Waals surface area (Å²) in [6.07, 6.45) is 2.45. The summed E-state index contributed by atoms with van der Waals surface area (Å²) < 4.78 is 5.33. The summed E-state index contributed by atoms with van der Waals surface area (Å²) in [4.78, 5) is 0. The fraction of sp³-hybridized carbons (Fsp3) is 0.625. The second-order valence-electron chi connectivity index (χ2n) is 5.24. The molecule has 3 unspecified atom stereocenters. The summed E-state index contributed by atoms with van der Waals surface area (Å²) >= 11 is 0. The average Bonchev–Trinajstić information content (AvgIpc) is 2.39. The monoisotopic (exact) mass is 249 g/mol. The predicted molar refractivity (Wildman–Crippen MR) is 77.7 cm³/mol. The third-order valence-corrected chi connectivity index (χ3v) is 3.47. The first-order chi connectivity index (χ1) is 8.67. The molecule has 0 aliphatic carbocycles. The lowest BCUT2D eigenvalue weighted by Crippen LogP contribution is -2.34. The third kappa shape index (κ3) is 5.19. The van der Waals surface area contributed by atoms with Crippen LogP contribution in [-0.2, 0) is 4.74 Å². The molecule has 3 atom stereocenters. The SMILES string of the molecule is CCC(C)CC(C)NC(COC)c1ccccc1. The molecule has 0 amide bonds. The van der Waals surface area contributed by atoms with E-state index >= 15 is 0 Å². The van der Waals surface area contributed by atoms with Gasteiger partial charge in [-0.2, -0.15) is 0 Å². The Hall–Kier alpha value is -0.860. The van der Waals surface area contributed by atoms with Crippen LogP contribution in [0, 0.1) is 5.92 Å². The zero-order valence-electron chi connectivity index (χ0n) is 12.1. The molecule has 1 aromatic carbocycles. The topological polar surface area (TPSA) is 21.3 Å². The zero-order valence-corrected chi connectivity index (χ0v) is 12.1. The molecular weight excluding hydrogens is 222 g/mol. The summed E-state index contributed by atoms with van der Waals surface area (Å²) in [7, 11) is 1.76. The Balaban J connectivity index is 2.58. The molecular formula is C16H27NO. The summed E-state index contributed by atoms with van der Waals surface area (Å²) in [5.41, 5.74) is 1.30. The van der Waals surface area contributed by atoms with Crippen molar-refractivity contribution in [1.82, 2.24) is 5.32 Å². The highest BCUT2D eigenvalue weighted by Crippen LogP contribution is 2.16. The first-order valence-electron chi connectivity index (χ1n) is 6.97. The van der Waals surface area contributed by atoms with Gasteiger partial charge in [-0.25, -0.2) is 0 Å². The number of hydrogen-bond acceptors (Lipinski definition) is 2. The van der Waals surface area contributed by atoms with Gasteiger partial charge in [0, 0.05) is 13.2 Å². The minimum Gasteiger partial charge on any atom is -0.383 e. The number of benzene rings is 1. The lowest BCUT2D eigenvalue weighted by atomic mass is 9.99. The van der Waals surface area contributed by atoms with Gasteiger partial charge in [-0.3, -0.25) is 0 Å². The van der Waals surface area contributed by atoms with E-state index in [-0.39, 0.29) is 6.04 Å². The summed E-state index contributed by atoms with van der Waals surface area (Å²) in [5.74, 6) is 0.770. The van der Waals surface area contributed by atoms with Crippen molar-refractivity contribution in [3.05, 3.63) is 35.9 Å². The third-order valence-electron chi connectivity index (χ3n) is 3.47. The van der Waals surface area contributed by atoms with E-state index < -0.39 is 0 Å². The van der Waals surface area contributed by atoms with Gasteiger partial charge in [0.05, 0.1) is 12.6 Å². The molecule has 0 heterocycles. The molecule has 0 aromatic heterocycles. The Morgan fingerprint density at radius 3 is 2.39 bits per heavy atom. The second-order valence-corrected chi connectivity index (χ2v) is 5.24. The molecule has 18 heavy (non-hydrogen) atoms. The first-order valence-corrected chi connectivity index (χ1v) is 6.97. The molecule has 2 nitrogen and oxygen atoms in total. The van der Waals surface area contributed by atoms with Gasteiger partial charge in [0.2, 0.25) is 0 Å². The van der Waals surface area contributed by atoms with Gasteiger partial charge in [-0.1, -0.05) is 50.6 Å². The zero-order chi connectivity index (χ0) is 13.4. The second kappa shape index (κ2) is 8.28. The molecule has 1 rings (SSSR count). The maximum atomic E-state index is 5.33. The molecule has 2 heteroatoms. The first kappa shape index (κ1) is 15.2. The van der Waals surface area contributed by atoms with E-state index in [1.165, 1.54) is 18.4 Å². The standard InChI is InChI=1S/C16H27NO/c1-5-13(2)11-14(3)17-16(12-18-4)15-9-7-6-8-10-15/h6-10,13-14,16-17H,5,11-12H2,1-4H3. The minimum absolute atomic E-state index is 0.287. The van der Waals surface area contributed by atoms with Crippen molar-refractivity contribution in [2.75, 3.05) is 13.7 Å². The maximum absolute atomic E-state index is 5.33. The van der Waals surface area contributed by atoms with Gasteiger partial charge >= 0.3 is 0 Å². The Morgan fingerprint density at radius 1 is 1.17 bits per heavy atom. The van der Waals surface area contributed by atoms with Crippen molar-refractivity contribution < 1.29 is 4.74 Å². The predicted octanol–water partition coefficient (Wildman–Crippen LogP) is 3.79. The van der Waals surface area contributed by atoms with Crippen LogP contribution in [0.2, 0.25) is 0 Å². The van der Waals surface area contributed by atoms with E-state index in [0.29, 0.717) is 6.04 Å². The fourth-order valence-corrected chi connectivity index (χ4v) is 2.27. The highest BCUT2D eigenvalue weighted by molar-refractivity contribution is 5.19. The van der Waals surface area contributed by atoms with Crippen LogP contribution in [0.4, 0.5) is 0 Å². The van der Waals surface area contributed by atoms with Crippen LogP contribution >= 0.6 is 0 Å². The molecule has 102 valence electrons. The van der Waals surface area contributed by atoms with Crippen LogP contribution < -0.4 is 5.32 Å². The van der Waals surface area contributed by atoms with Crippen molar-refractivity contribution in [3.8, 4) is 0 Å². The van der Waals surface area contributed by atoms with E-state index in [2.05, 4.69) is 56.4 Å². The summed E-state index contributed by atoms with van der Waals surface area (Å²) in [6, 6.07) is 11.3. The van der Waals surface area contributed by atoms with E-state index in [4.69, 9.17) is 4.74 Å². The molecule has 0 aliphatic rings. The van der Waals surface area contributed by atoms with Crippen LogP contribution in [-0.4, -0.2) is 19.8 Å². The van der Waals surface area contributed by atoms with E-state index in [0.717, 1.165) is 12.5 Å². The van der Waals surface area contributed by atoms with Gasteiger partial charge in [-0.15, -0.1) is 0 Å². The summed E-state index contributed by atoms with van der Waals surface area (Å²) in [5, 5.41) is 3.67.